The van der Waals surface area contributed by atoms with Crippen molar-refractivity contribution in [1.29, 1.82) is 0 Å². The van der Waals surface area contributed by atoms with E-state index in [1.807, 2.05) is 6.07 Å². The summed E-state index contributed by atoms with van der Waals surface area (Å²) in [5.74, 6) is 0.865. The van der Waals surface area contributed by atoms with Gasteiger partial charge in [0.25, 0.3) is 0 Å². The fourth-order valence-electron chi connectivity index (χ4n) is 4.29. The molecular weight excluding hydrogens is 366 g/mol. The zero-order valence-corrected chi connectivity index (χ0v) is 16.6. The van der Waals surface area contributed by atoms with Crippen LogP contribution in [0.1, 0.15) is 5.56 Å². The minimum atomic E-state index is 0.865. The molecule has 142 valence electrons. The van der Waals surface area contributed by atoms with E-state index < -0.39 is 0 Å². The van der Waals surface area contributed by atoms with Crippen LogP contribution in [0.25, 0.3) is 49.8 Å². The normalized spacial score (nSPS) is 11.5. The molecular formula is C27H19N3. The van der Waals surface area contributed by atoms with E-state index in [-0.39, 0.29) is 0 Å². The number of hydrogen-bond donors (Lipinski definition) is 0. The van der Waals surface area contributed by atoms with Gasteiger partial charge in [-0.15, -0.1) is 10.2 Å². The van der Waals surface area contributed by atoms with Crippen molar-refractivity contribution >= 4 is 27.3 Å². The van der Waals surface area contributed by atoms with Gasteiger partial charge in [0, 0.05) is 16.3 Å². The topological polar surface area (TPSA) is 30.2 Å². The SMILES string of the molecule is Cc1ccc2c(c1)c1ccccc1c1nnc(-c3ccc(-c4ccccc4)cc3)n21. The van der Waals surface area contributed by atoms with E-state index in [9.17, 15) is 0 Å². The minimum absolute atomic E-state index is 0.865. The van der Waals surface area contributed by atoms with Crippen LogP contribution in [0.2, 0.25) is 0 Å². The van der Waals surface area contributed by atoms with Crippen molar-refractivity contribution in [2.24, 2.45) is 0 Å². The highest BCUT2D eigenvalue weighted by Gasteiger charge is 2.15. The molecule has 0 saturated carbocycles. The van der Waals surface area contributed by atoms with Crippen LogP contribution in [0.3, 0.4) is 0 Å². The quantitative estimate of drug-likeness (QED) is 0.311. The van der Waals surface area contributed by atoms with E-state index in [0.717, 1.165) is 27.9 Å². The smallest absolute Gasteiger partial charge is 0.169 e. The average molecular weight is 385 g/mol. The molecule has 0 spiro atoms. The Balaban J connectivity index is 1.62. The molecule has 3 heteroatoms. The number of aromatic nitrogens is 3. The predicted octanol–water partition coefficient (Wildman–Crippen LogP) is 6.68. The molecule has 0 radical (unpaired) electrons. The highest BCUT2D eigenvalue weighted by molar-refractivity contribution is 6.12. The van der Waals surface area contributed by atoms with Crippen molar-refractivity contribution in [3.63, 3.8) is 0 Å². The number of pyridine rings is 1. The maximum Gasteiger partial charge on any atom is 0.169 e. The molecule has 0 bridgehead atoms. The molecule has 6 rings (SSSR count). The number of hydrogen-bond acceptors (Lipinski definition) is 2. The summed E-state index contributed by atoms with van der Waals surface area (Å²) in [4.78, 5) is 0. The maximum absolute atomic E-state index is 4.60. The van der Waals surface area contributed by atoms with Crippen molar-refractivity contribution in [3.8, 4) is 22.5 Å². The van der Waals surface area contributed by atoms with Gasteiger partial charge >= 0.3 is 0 Å². The zero-order chi connectivity index (χ0) is 20.1. The van der Waals surface area contributed by atoms with Gasteiger partial charge in [-0.05, 0) is 35.6 Å². The highest BCUT2D eigenvalue weighted by atomic mass is 15.2. The second-order valence-electron chi connectivity index (χ2n) is 7.69. The molecule has 0 atom stereocenters. The predicted molar refractivity (Wildman–Crippen MR) is 124 cm³/mol. The fraction of sp³-hybridized carbons (Fsp3) is 0.0370. The van der Waals surface area contributed by atoms with Crippen LogP contribution in [-0.4, -0.2) is 14.6 Å². The molecule has 0 unspecified atom stereocenters. The maximum atomic E-state index is 4.60. The van der Waals surface area contributed by atoms with Crippen LogP contribution in [0, 0.1) is 6.92 Å². The molecule has 2 heterocycles. The van der Waals surface area contributed by atoms with Crippen molar-refractivity contribution in [2.75, 3.05) is 0 Å². The number of benzene rings is 4. The van der Waals surface area contributed by atoms with Crippen LogP contribution < -0.4 is 0 Å². The Bertz CT molecular complexity index is 1530. The van der Waals surface area contributed by atoms with Crippen molar-refractivity contribution < 1.29 is 0 Å². The molecule has 0 fully saturated rings. The Labute approximate surface area is 174 Å². The van der Waals surface area contributed by atoms with Gasteiger partial charge in [0.05, 0.1) is 5.52 Å². The Hall–Kier alpha value is -3.98. The number of rotatable bonds is 2. The Morgan fingerprint density at radius 2 is 1.23 bits per heavy atom. The lowest BCUT2D eigenvalue weighted by Crippen LogP contribution is -1.94. The molecule has 2 aromatic heterocycles. The number of aryl methyl sites for hydroxylation is 1. The average Bonchev–Trinajstić information content (AvgIpc) is 3.25. The molecule has 4 aromatic carbocycles. The lowest BCUT2D eigenvalue weighted by Gasteiger charge is -2.10. The lowest BCUT2D eigenvalue weighted by atomic mass is 10.0. The van der Waals surface area contributed by atoms with Gasteiger partial charge in [0.15, 0.2) is 11.5 Å². The second kappa shape index (κ2) is 6.53. The molecule has 0 amide bonds. The lowest BCUT2D eigenvalue weighted by molar-refractivity contribution is 1.12. The van der Waals surface area contributed by atoms with E-state index >= 15 is 0 Å². The van der Waals surface area contributed by atoms with Gasteiger partial charge in [-0.1, -0.05) is 90.5 Å². The molecule has 6 aromatic rings. The van der Waals surface area contributed by atoms with Gasteiger partial charge in [-0.3, -0.25) is 4.40 Å². The van der Waals surface area contributed by atoms with E-state index in [1.54, 1.807) is 0 Å². The second-order valence-corrected chi connectivity index (χ2v) is 7.69. The van der Waals surface area contributed by atoms with Gasteiger partial charge in [-0.25, -0.2) is 0 Å². The summed E-state index contributed by atoms with van der Waals surface area (Å²) in [6.45, 7) is 2.13. The fourth-order valence-corrected chi connectivity index (χ4v) is 4.29. The number of fused-ring (bicyclic) bond motifs is 6. The van der Waals surface area contributed by atoms with Crippen LogP contribution in [0.4, 0.5) is 0 Å². The van der Waals surface area contributed by atoms with Gasteiger partial charge in [0.1, 0.15) is 0 Å². The third kappa shape index (κ3) is 2.52. The van der Waals surface area contributed by atoms with Crippen LogP contribution in [0.15, 0.2) is 97.1 Å². The Morgan fingerprint density at radius 3 is 2.03 bits per heavy atom. The highest BCUT2D eigenvalue weighted by Crippen LogP contribution is 2.33. The first-order chi connectivity index (χ1) is 14.8. The molecule has 30 heavy (non-hydrogen) atoms. The van der Waals surface area contributed by atoms with E-state index in [4.69, 9.17) is 0 Å². The van der Waals surface area contributed by atoms with Crippen molar-refractivity contribution in [3.05, 3.63) is 103 Å². The molecule has 3 nitrogen and oxygen atoms in total. The van der Waals surface area contributed by atoms with Crippen LogP contribution >= 0.6 is 0 Å². The first kappa shape index (κ1) is 16.9. The van der Waals surface area contributed by atoms with E-state index in [0.29, 0.717) is 0 Å². The molecule has 0 aliphatic carbocycles. The summed E-state index contributed by atoms with van der Waals surface area (Å²) in [6, 6.07) is 34.0. The van der Waals surface area contributed by atoms with Crippen molar-refractivity contribution in [1.82, 2.24) is 14.6 Å². The van der Waals surface area contributed by atoms with Crippen LogP contribution in [-0.2, 0) is 0 Å². The first-order valence-electron chi connectivity index (χ1n) is 10.1. The van der Waals surface area contributed by atoms with E-state index in [1.165, 1.54) is 27.5 Å². The summed E-state index contributed by atoms with van der Waals surface area (Å²) in [7, 11) is 0. The van der Waals surface area contributed by atoms with Gasteiger partial charge in [0.2, 0.25) is 0 Å². The van der Waals surface area contributed by atoms with E-state index in [2.05, 4.69) is 113 Å². The molecule has 0 N–H and O–H groups in total. The summed E-state index contributed by atoms with van der Waals surface area (Å²) >= 11 is 0. The van der Waals surface area contributed by atoms with Gasteiger partial charge in [-0.2, -0.15) is 0 Å². The minimum Gasteiger partial charge on any atom is -0.274 e. The Kier molecular flexibility index (Phi) is 3.68. The third-order valence-corrected chi connectivity index (χ3v) is 5.76. The summed E-state index contributed by atoms with van der Waals surface area (Å²) in [5, 5.41) is 12.7. The summed E-state index contributed by atoms with van der Waals surface area (Å²) < 4.78 is 2.19. The first-order valence-corrected chi connectivity index (χ1v) is 10.1. The monoisotopic (exact) mass is 385 g/mol. The summed E-state index contributed by atoms with van der Waals surface area (Å²) in [5.41, 5.74) is 6.72. The third-order valence-electron chi connectivity index (χ3n) is 5.76. The number of nitrogens with zero attached hydrogens (tertiary/aromatic N) is 3. The zero-order valence-electron chi connectivity index (χ0n) is 16.6. The largest absolute Gasteiger partial charge is 0.274 e. The van der Waals surface area contributed by atoms with Gasteiger partial charge < -0.3 is 0 Å². The molecule has 0 aliphatic heterocycles. The van der Waals surface area contributed by atoms with Crippen LogP contribution in [0.5, 0.6) is 0 Å². The molecule has 0 aliphatic rings. The Morgan fingerprint density at radius 1 is 0.567 bits per heavy atom. The summed E-state index contributed by atoms with van der Waals surface area (Å²) in [6.07, 6.45) is 0. The standard InChI is InChI=1S/C27H19N3/c1-18-11-16-25-24(17-18)22-9-5-6-10-23(22)27-29-28-26(30(25)27)21-14-12-20(13-15-21)19-7-3-2-4-8-19/h2-17H,1H3. The van der Waals surface area contributed by atoms with Crippen molar-refractivity contribution in [2.45, 2.75) is 6.92 Å². The molecule has 0 saturated heterocycles.